The van der Waals surface area contributed by atoms with E-state index >= 15 is 0 Å². The van der Waals surface area contributed by atoms with E-state index in [0.717, 1.165) is 10.2 Å². The normalized spacial score (nSPS) is 10.1. The molecule has 3 heteroatoms. The largest absolute Gasteiger partial charge is 0.325 e. The topological polar surface area (TPSA) is 29.1 Å². The van der Waals surface area contributed by atoms with E-state index in [1.807, 2.05) is 19.9 Å². The van der Waals surface area contributed by atoms with Gasteiger partial charge in [-0.25, -0.2) is 0 Å². The van der Waals surface area contributed by atoms with Gasteiger partial charge in [-0.3, -0.25) is 4.79 Å². The average molecular weight is 256 g/mol. The third-order valence-corrected chi connectivity index (χ3v) is 3.41. The van der Waals surface area contributed by atoms with Crippen LogP contribution in [-0.2, 0) is 4.79 Å². The average Bonchev–Trinajstić information content (AvgIpc) is 2.10. The first-order valence-electron chi connectivity index (χ1n) is 4.47. The van der Waals surface area contributed by atoms with Crippen LogP contribution in [0.2, 0.25) is 0 Å². The summed E-state index contributed by atoms with van der Waals surface area (Å²) in [7, 11) is 0. The second-order valence-corrected chi connectivity index (χ2v) is 4.28. The lowest BCUT2D eigenvalue weighted by atomic mass is 10.0. The Bertz CT molecular complexity index is 385. The molecule has 1 aromatic rings. The highest BCUT2D eigenvalue weighted by Gasteiger charge is 2.08. The Kier molecular flexibility index (Phi) is 3.32. The zero-order chi connectivity index (χ0) is 10.9. The zero-order valence-corrected chi connectivity index (χ0v) is 10.4. The van der Waals surface area contributed by atoms with Crippen LogP contribution in [0.25, 0.3) is 0 Å². The highest BCUT2D eigenvalue weighted by atomic mass is 79.9. The number of carbonyl (C=O) groups excluding carboxylic acids is 1. The molecule has 0 unspecified atom stereocenters. The van der Waals surface area contributed by atoms with Gasteiger partial charge in [-0.15, -0.1) is 0 Å². The maximum Gasteiger partial charge on any atom is 0.221 e. The molecule has 1 rings (SSSR count). The van der Waals surface area contributed by atoms with Crippen molar-refractivity contribution in [3.05, 3.63) is 27.2 Å². The predicted molar refractivity (Wildman–Crippen MR) is 62.7 cm³/mol. The summed E-state index contributed by atoms with van der Waals surface area (Å²) < 4.78 is 0.968. The van der Waals surface area contributed by atoms with E-state index in [1.165, 1.54) is 23.6 Å². The summed E-state index contributed by atoms with van der Waals surface area (Å²) in [5.74, 6) is -0.0478. The summed E-state index contributed by atoms with van der Waals surface area (Å²) in [4.78, 5) is 10.9. The molecule has 1 amide bonds. The van der Waals surface area contributed by atoms with Gasteiger partial charge in [0.1, 0.15) is 0 Å². The number of aryl methyl sites for hydroxylation is 1. The number of carbonyl (C=O) groups is 1. The number of hydrogen-bond acceptors (Lipinski definition) is 1. The van der Waals surface area contributed by atoms with Crippen LogP contribution in [0, 0.1) is 20.8 Å². The van der Waals surface area contributed by atoms with Crippen LogP contribution in [0.5, 0.6) is 0 Å². The van der Waals surface area contributed by atoms with Crippen LogP contribution in [0.4, 0.5) is 5.69 Å². The van der Waals surface area contributed by atoms with Gasteiger partial charge in [-0.05, 0) is 59.5 Å². The summed E-state index contributed by atoms with van der Waals surface area (Å²) in [6.07, 6.45) is 0. The van der Waals surface area contributed by atoms with Crippen LogP contribution in [0.1, 0.15) is 23.6 Å². The lowest BCUT2D eigenvalue weighted by molar-refractivity contribution is -0.114. The van der Waals surface area contributed by atoms with Gasteiger partial charge in [-0.2, -0.15) is 0 Å². The number of rotatable bonds is 1. The molecule has 0 aliphatic heterocycles. The lowest BCUT2D eigenvalue weighted by Crippen LogP contribution is -2.07. The molecule has 76 valence electrons. The van der Waals surface area contributed by atoms with Gasteiger partial charge >= 0.3 is 0 Å². The standard InChI is InChI=1S/C11H14BrNO/c1-6-5-10(13-9(4)14)11(12)8(3)7(6)2/h5H,1-4H3,(H,13,14). The van der Waals surface area contributed by atoms with Gasteiger partial charge in [0.15, 0.2) is 0 Å². The van der Waals surface area contributed by atoms with Crippen LogP contribution < -0.4 is 5.32 Å². The van der Waals surface area contributed by atoms with Crippen molar-refractivity contribution < 1.29 is 4.79 Å². The maximum absolute atomic E-state index is 10.9. The highest BCUT2D eigenvalue weighted by molar-refractivity contribution is 9.10. The SMILES string of the molecule is CC(=O)Nc1cc(C)c(C)c(C)c1Br. The number of nitrogens with one attached hydrogen (secondary N) is 1. The first-order valence-corrected chi connectivity index (χ1v) is 5.26. The van der Waals surface area contributed by atoms with Gasteiger partial charge in [0.2, 0.25) is 5.91 Å². The Morgan fingerprint density at radius 1 is 1.29 bits per heavy atom. The summed E-state index contributed by atoms with van der Waals surface area (Å²) >= 11 is 3.48. The van der Waals surface area contributed by atoms with E-state index in [0.29, 0.717) is 0 Å². The van der Waals surface area contributed by atoms with E-state index in [9.17, 15) is 4.79 Å². The molecular formula is C11H14BrNO. The van der Waals surface area contributed by atoms with E-state index in [-0.39, 0.29) is 5.91 Å². The van der Waals surface area contributed by atoms with E-state index < -0.39 is 0 Å². The van der Waals surface area contributed by atoms with Crippen molar-refractivity contribution in [1.82, 2.24) is 0 Å². The maximum atomic E-state index is 10.9. The molecule has 0 fully saturated rings. The van der Waals surface area contributed by atoms with Crippen molar-refractivity contribution in [3.8, 4) is 0 Å². The van der Waals surface area contributed by atoms with Crippen molar-refractivity contribution >= 4 is 27.5 Å². The lowest BCUT2D eigenvalue weighted by Gasteiger charge is -2.12. The Morgan fingerprint density at radius 3 is 2.36 bits per heavy atom. The van der Waals surface area contributed by atoms with Crippen molar-refractivity contribution in [3.63, 3.8) is 0 Å². The molecule has 0 saturated heterocycles. The minimum atomic E-state index is -0.0478. The fraction of sp³-hybridized carbons (Fsp3) is 0.364. The van der Waals surface area contributed by atoms with Crippen molar-refractivity contribution in [2.75, 3.05) is 5.32 Å². The third-order valence-electron chi connectivity index (χ3n) is 2.39. The molecule has 14 heavy (non-hydrogen) atoms. The molecule has 1 aromatic carbocycles. The van der Waals surface area contributed by atoms with Gasteiger partial charge in [0, 0.05) is 11.4 Å². The second kappa shape index (κ2) is 4.13. The molecule has 0 aliphatic rings. The minimum absolute atomic E-state index is 0.0478. The van der Waals surface area contributed by atoms with Crippen LogP contribution in [-0.4, -0.2) is 5.91 Å². The molecule has 0 atom stereocenters. The van der Waals surface area contributed by atoms with Gasteiger partial charge in [-0.1, -0.05) is 0 Å². The van der Waals surface area contributed by atoms with Crippen LogP contribution in [0.15, 0.2) is 10.5 Å². The van der Waals surface area contributed by atoms with E-state index in [2.05, 4.69) is 28.2 Å². The first-order chi connectivity index (χ1) is 6.43. The molecule has 0 spiro atoms. The number of hydrogen-bond donors (Lipinski definition) is 1. The highest BCUT2D eigenvalue weighted by Crippen LogP contribution is 2.30. The Labute approximate surface area is 92.8 Å². The summed E-state index contributed by atoms with van der Waals surface area (Å²) in [6.45, 7) is 7.67. The number of amides is 1. The van der Waals surface area contributed by atoms with Crippen LogP contribution >= 0.6 is 15.9 Å². The minimum Gasteiger partial charge on any atom is -0.325 e. The molecule has 0 radical (unpaired) electrons. The third kappa shape index (κ3) is 2.15. The van der Waals surface area contributed by atoms with E-state index in [4.69, 9.17) is 0 Å². The Balaban J connectivity index is 3.25. The quantitative estimate of drug-likeness (QED) is 0.820. The monoisotopic (exact) mass is 255 g/mol. The molecule has 0 saturated carbocycles. The number of benzene rings is 1. The summed E-state index contributed by atoms with van der Waals surface area (Å²) in [6, 6.07) is 1.98. The summed E-state index contributed by atoms with van der Waals surface area (Å²) in [5, 5.41) is 2.80. The molecule has 1 N–H and O–H groups in total. The van der Waals surface area contributed by atoms with Crippen molar-refractivity contribution in [2.24, 2.45) is 0 Å². The number of anilines is 1. The van der Waals surface area contributed by atoms with Crippen molar-refractivity contribution in [1.29, 1.82) is 0 Å². The number of halogens is 1. The fourth-order valence-corrected chi connectivity index (χ4v) is 1.84. The first kappa shape index (κ1) is 11.2. The molecule has 0 bridgehead atoms. The Hall–Kier alpha value is -0.830. The van der Waals surface area contributed by atoms with Gasteiger partial charge in [0.05, 0.1) is 5.69 Å². The van der Waals surface area contributed by atoms with Crippen molar-refractivity contribution in [2.45, 2.75) is 27.7 Å². The smallest absolute Gasteiger partial charge is 0.221 e. The van der Waals surface area contributed by atoms with Crippen LogP contribution in [0.3, 0.4) is 0 Å². The van der Waals surface area contributed by atoms with Gasteiger partial charge in [0.25, 0.3) is 0 Å². The fourth-order valence-electron chi connectivity index (χ4n) is 1.33. The molecule has 0 aromatic heterocycles. The second-order valence-electron chi connectivity index (χ2n) is 3.49. The summed E-state index contributed by atoms with van der Waals surface area (Å²) in [5.41, 5.74) is 4.47. The molecule has 2 nitrogen and oxygen atoms in total. The predicted octanol–water partition coefficient (Wildman–Crippen LogP) is 3.33. The van der Waals surface area contributed by atoms with Gasteiger partial charge < -0.3 is 5.32 Å². The Morgan fingerprint density at radius 2 is 1.86 bits per heavy atom. The van der Waals surface area contributed by atoms with E-state index in [1.54, 1.807) is 0 Å². The molecule has 0 heterocycles. The molecular weight excluding hydrogens is 242 g/mol. The zero-order valence-electron chi connectivity index (χ0n) is 8.86. The molecule has 0 aliphatic carbocycles.